The summed E-state index contributed by atoms with van der Waals surface area (Å²) >= 11 is 0. The molecule has 0 aromatic rings. The largest absolute Gasteiger partial charge is 0.396 e. The van der Waals surface area contributed by atoms with Gasteiger partial charge in [-0.3, -0.25) is 0 Å². The molecule has 0 spiro atoms. The minimum absolute atomic E-state index is 0.0705. The summed E-state index contributed by atoms with van der Waals surface area (Å²) in [6.07, 6.45) is -2.95. The Hall–Kier alpha value is -0.200. The van der Waals surface area contributed by atoms with E-state index in [9.17, 15) is 5.11 Å². The Bertz CT molecular complexity index is 104. The van der Waals surface area contributed by atoms with E-state index in [0.29, 0.717) is 0 Å². The maximum absolute atomic E-state index is 9.26. The van der Waals surface area contributed by atoms with Gasteiger partial charge in [-0.2, -0.15) is 0 Å². The van der Waals surface area contributed by atoms with Crippen LogP contribution >= 0.6 is 0 Å². The Morgan fingerprint density at radius 1 is 1.25 bits per heavy atom. The molecular formula is C7H16O5. The van der Waals surface area contributed by atoms with Crippen molar-refractivity contribution in [3.8, 4) is 0 Å². The van der Waals surface area contributed by atoms with Crippen molar-refractivity contribution in [1.29, 1.82) is 0 Å². The summed E-state index contributed by atoms with van der Waals surface area (Å²) in [5.74, 6) is 0. The quantitative estimate of drug-likeness (QED) is 0.383. The lowest BCUT2D eigenvalue weighted by atomic mass is 10.1. The van der Waals surface area contributed by atoms with Gasteiger partial charge in [0.2, 0.25) is 0 Å². The maximum Gasteiger partial charge on any atom is 0.109 e. The summed E-state index contributed by atoms with van der Waals surface area (Å²) in [7, 11) is 1.33. The lowest BCUT2D eigenvalue weighted by Gasteiger charge is -2.23. The van der Waals surface area contributed by atoms with Crippen LogP contribution in [0.5, 0.6) is 0 Å². The third kappa shape index (κ3) is 3.46. The number of methoxy groups -OCH3 is 1. The van der Waals surface area contributed by atoms with E-state index >= 15 is 0 Å². The number of ether oxygens (including phenoxy) is 1. The van der Waals surface area contributed by atoms with Crippen LogP contribution in [0.1, 0.15) is 6.42 Å². The van der Waals surface area contributed by atoms with Gasteiger partial charge in [0.15, 0.2) is 0 Å². The van der Waals surface area contributed by atoms with E-state index in [-0.39, 0.29) is 19.6 Å². The summed E-state index contributed by atoms with van der Waals surface area (Å²) in [6.45, 7) is -0.569. The second-order valence-electron chi connectivity index (χ2n) is 2.53. The lowest BCUT2D eigenvalue weighted by Crippen LogP contribution is -2.41. The van der Waals surface area contributed by atoms with Crippen LogP contribution in [0.3, 0.4) is 0 Å². The van der Waals surface area contributed by atoms with Crippen molar-refractivity contribution in [1.82, 2.24) is 0 Å². The minimum Gasteiger partial charge on any atom is -0.396 e. The van der Waals surface area contributed by atoms with Crippen molar-refractivity contribution in [3.05, 3.63) is 0 Å². The third-order valence-electron chi connectivity index (χ3n) is 1.68. The molecule has 4 N–H and O–H groups in total. The van der Waals surface area contributed by atoms with Gasteiger partial charge in [0, 0.05) is 13.7 Å². The Morgan fingerprint density at radius 2 is 1.83 bits per heavy atom. The van der Waals surface area contributed by atoms with Gasteiger partial charge in [-0.05, 0) is 6.42 Å². The molecular weight excluding hydrogens is 164 g/mol. The molecule has 0 aromatic heterocycles. The zero-order chi connectivity index (χ0) is 9.56. The van der Waals surface area contributed by atoms with Gasteiger partial charge in [0.1, 0.15) is 12.2 Å². The minimum atomic E-state index is -1.16. The Balaban J connectivity index is 3.87. The van der Waals surface area contributed by atoms with Crippen molar-refractivity contribution in [2.45, 2.75) is 24.7 Å². The summed E-state index contributed by atoms with van der Waals surface area (Å²) in [4.78, 5) is 0. The second kappa shape index (κ2) is 6.33. The molecule has 0 radical (unpaired) electrons. The van der Waals surface area contributed by atoms with Crippen molar-refractivity contribution in [2.75, 3.05) is 20.3 Å². The number of rotatable bonds is 6. The SMILES string of the molecule is CO[C@@H](CO)[C@@H](O)[C@H](O)CCO. The average Bonchev–Trinajstić information content (AvgIpc) is 2.07. The van der Waals surface area contributed by atoms with Gasteiger partial charge in [0.05, 0.1) is 12.7 Å². The van der Waals surface area contributed by atoms with E-state index in [0.717, 1.165) is 0 Å². The van der Waals surface area contributed by atoms with Gasteiger partial charge in [-0.25, -0.2) is 0 Å². The highest BCUT2D eigenvalue weighted by atomic mass is 16.5. The summed E-state index contributed by atoms with van der Waals surface area (Å²) in [5.41, 5.74) is 0. The van der Waals surface area contributed by atoms with Crippen LogP contribution in [0.2, 0.25) is 0 Å². The first-order valence-electron chi connectivity index (χ1n) is 3.78. The van der Waals surface area contributed by atoms with Gasteiger partial charge in [0.25, 0.3) is 0 Å². The van der Waals surface area contributed by atoms with Crippen LogP contribution in [0.15, 0.2) is 0 Å². The Kier molecular flexibility index (Phi) is 6.23. The average molecular weight is 180 g/mol. The summed E-state index contributed by atoms with van der Waals surface area (Å²) in [6, 6.07) is 0. The van der Waals surface area contributed by atoms with Crippen molar-refractivity contribution < 1.29 is 25.2 Å². The van der Waals surface area contributed by atoms with Crippen LogP contribution in [-0.2, 0) is 4.74 Å². The molecule has 0 bridgehead atoms. The second-order valence-corrected chi connectivity index (χ2v) is 2.53. The maximum atomic E-state index is 9.26. The van der Waals surface area contributed by atoms with E-state index in [1.54, 1.807) is 0 Å². The molecule has 12 heavy (non-hydrogen) atoms. The molecule has 3 atom stereocenters. The molecule has 0 saturated heterocycles. The molecule has 0 unspecified atom stereocenters. The fourth-order valence-electron chi connectivity index (χ4n) is 0.873. The van der Waals surface area contributed by atoms with E-state index in [2.05, 4.69) is 4.74 Å². The normalized spacial score (nSPS) is 18.8. The third-order valence-corrected chi connectivity index (χ3v) is 1.68. The standard InChI is InChI=1S/C7H16O5/c1-12-6(4-9)7(11)5(10)2-3-8/h5-11H,2-4H2,1H3/t5-,6+,7+/m1/s1. The van der Waals surface area contributed by atoms with Gasteiger partial charge >= 0.3 is 0 Å². The zero-order valence-corrected chi connectivity index (χ0v) is 7.05. The summed E-state index contributed by atoms with van der Waals surface area (Å²) in [5, 5.41) is 35.5. The van der Waals surface area contributed by atoms with E-state index in [4.69, 9.17) is 15.3 Å². The molecule has 5 heteroatoms. The molecule has 0 amide bonds. The molecule has 0 heterocycles. The van der Waals surface area contributed by atoms with Gasteiger partial charge in [-0.15, -0.1) is 0 Å². The fraction of sp³-hybridized carbons (Fsp3) is 1.00. The van der Waals surface area contributed by atoms with Crippen LogP contribution in [-0.4, -0.2) is 59.1 Å². The molecule has 5 nitrogen and oxygen atoms in total. The van der Waals surface area contributed by atoms with E-state index in [1.165, 1.54) is 7.11 Å². The molecule has 0 aliphatic rings. The van der Waals surface area contributed by atoms with Crippen molar-refractivity contribution >= 4 is 0 Å². The first-order chi connectivity index (χ1) is 5.67. The van der Waals surface area contributed by atoms with E-state index in [1.807, 2.05) is 0 Å². The predicted octanol–water partition coefficient (Wildman–Crippen LogP) is -1.90. The van der Waals surface area contributed by atoms with Crippen LogP contribution in [0.25, 0.3) is 0 Å². The molecule has 0 aliphatic heterocycles. The molecule has 0 saturated carbocycles. The number of aliphatic hydroxyl groups is 4. The molecule has 0 aliphatic carbocycles. The highest BCUT2D eigenvalue weighted by Gasteiger charge is 2.24. The molecule has 0 fully saturated rings. The summed E-state index contributed by atoms with van der Waals surface area (Å²) < 4.78 is 4.69. The molecule has 74 valence electrons. The smallest absolute Gasteiger partial charge is 0.109 e. The van der Waals surface area contributed by atoms with Crippen LogP contribution < -0.4 is 0 Å². The molecule has 0 rings (SSSR count). The van der Waals surface area contributed by atoms with Crippen LogP contribution in [0, 0.1) is 0 Å². The first kappa shape index (κ1) is 11.8. The van der Waals surface area contributed by atoms with Gasteiger partial charge in [-0.1, -0.05) is 0 Å². The highest BCUT2D eigenvalue weighted by molar-refractivity contribution is 4.75. The topological polar surface area (TPSA) is 90.2 Å². The van der Waals surface area contributed by atoms with Crippen LogP contribution in [0.4, 0.5) is 0 Å². The van der Waals surface area contributed by atoms with E-state index < -0.39 is 18.3 Å². The molecule has 0 aromatic carbocycles. The monoisotopic (exact) mass is 180 g/mol. The fourth-order valence-corrected chi connectivity index (χ4v) is 0.873. The van der Waals surface area contributed by atoms with Gasteiger partial charge < -0.3 is 25.2 Å². The number of hydrogen-bond acceptors (Lipinski definition) is 5. The Labute approximate surface area is 71.2 Å². The highest BCUT2D eigenvalue weighted by Crippen LogP contribution is 2.05. The number of hydrogen-bond donors (Lipinski definition) is 4. The van der Waals surface area contributed by atoms with Crippen molar-refractivity contribution in [3.63, 3.8) is 0 Å². The first-order valence-corrected chi connectivity index (χ1v) is 3.78. The number of aliphatic hydroxyl groups excluding tert-OH is 4. The van der Waals surface area contributed by atoms with Crippen molar-refractivity contribution in [2.24, 2.45) is 0 Å². The predicted molar refractivity (Wildman–Crippen MR) is 41.6 cm³/mol. The zero-order valence-electron chi connectivity index (χ0n) is 7.05. The Morgan fingerprint density at radius 3 is 2.17 bits per heavy atom. The lowest BCUT2D eigenvalue weighted by molar-refractivity contribution is -0.0966.